The molecule has 0 bridgehead atoms. The maximum atomic E-state index is 12.9. The normalized spacial score (nSPS) is 18.2. The minimum absolute atomic E-state index is 0.0339. The summed E-state index contributed by atoms with van der Waals surface area (Å²) in [5.74, 6) is 0.00825. The van der Waals surface area contributed by atoms with E-state index in [1.54, 1.807) is 28.2 Å². The average molecular weight is 359 g/mol. The zero-order valence-corrected chi connectivity index (χ0v) is 14.9. The largest absolute Gasteiger partial charge is 0.338 e. The van der Waals surface area contributed by atoms with Crippen LogP contribution in [0, 0.1) is 0 Å². The predicted octanol–water partition coefficient (Wildman–Crippen LogP) is 1.58. The van der Waals surface area contributed by atoms with E-state index in [-0.39, 0.29) is 17.5 Å². The Morgan fingerprint density at radius 2 is 2.04 bits per heavy atom. The molecule has 2 heterocycles. The molecule has 1 aromatic carbocycles. The van der Waals surface area contributed by atoms with Gasteiger partial charge in [0, 0.05) is 25.8 Å². The van der Waals surface area contributed by atoms with E-state index in [4.69, 9.17) is 0 Å². The van der Waals surface area contributed by atoms with Crippen LogP contribution in [0.25, 0.3) is 0 Å². The van der Waals surface area contributed by atoms with Crippen molar-refractivity contribution in [2.75, 3.05) is 25.4 Å². The van der Waals surface area contributed by atoms with E-state index in [9.17, 15) is 13.2 Å². The van der Waals surface area contributed by atoms with Gasteiger partial charge in [-0.15, -0.1) is 4.40 Å². The molecule has 132 valence electrons. The highest BCUT2D eigenvalue weighted by Gasteiger charge is 2.31. The molecule has 0 saturated heterocycles. The minimum Gasteiger partial charge on any atom is -0.338 e. The van der Waals surface area contributed by atoms with E-state index >= 15 is 0 Å². The van der Waals surface area contributed by atoms with Crippen molar-refractivity contribution >= 4 is 21.8 Å². The van der Waals surface area contributed by atoms with Crippen molar-refractivity contribution in [1.29, 1.82) is 0 Å². The molecule has 1 aromatic rings. The Balaban J connectivity index is 1.79. The fraction of sp³-hybridized carbons (Fsp3) is 0.333. The smallest absolute Gasteiger partial charge is 0.257 e. The number of sulfonamides is 1. The van der Waals surface area contributed by atoms with Crippen LogP contribution < -0.4 is 0 Å². The van der Waals surface area contributed by atoms with Crippen LogP contribution in [0.3, 0.4) is 0 Å². The van der Waals surface area contributed by atoms with E-state index in [0.717, 1.165) is 12.0 Å². The van der Waals surface area contributed by atoms with Gasteiger partial charge in [0.05, 0.1) is 11.3 Å². The lowest BCUT2D eigenvalue weighted by Crippen LogP contribution is -2.44. The second-order valence-corrected chi connectivity index (χ2v) is 7.69. The Bertz CT molecular complexity index is 842. The molecule has 7 heteroatoms. The Morgan fingerprint density at radius 1 is 1.28 bits per heavy atom. The van der Waals surface area contributed by atoms with Gasteiger partial charge in [-0.25, -0.2) is 8.42 Å². The maximum Gasteiger partial charge on any atom is 0.257 e. The summed E-state index contributed by atoms with van der Waals surface area (Å²) in [6, 6.07) is 9.96. The molecular formula is C18H21N3O3S. The Hall–Kier alpha value is -2.41. The zero-order chi connectivity index (χ0) is 17.9. The molecule has 0 N–H and O–H groups in total. The summed E-state index contributed by atoms with van der Waals surface area (Å²) in [5.41, 5.74) is 1.49. The number of carbonyl (C=O) groups is 1. The van der Waals surface area contributed by atoms with Crippen LogP contribution in [0.1, 0.15) is 12.5 Å². The number of carbonyl (C=O) groups excluding carboxylic acids is 1. The van der Waals surface area contributed by atoms with Crippen molar-refractivity contribution in [1.82, 2.24) is 9.80 Å². The highest BCUT2D eigenvalue weighted by Crippen LogP contribution is 2.19. The van der Waals surface area contributed by atoms with E-state index in [1.165, 1.54) is 0 Å². The molecule has 0 aliphatic carbocycles. The molecule has 0 radical (unpaired) electrons. The summed E-state index contributed by atoms with van der Waals surface area (Å²) in [7, 11) is -3.51. The topological polar surface area (TPSA) is 70.1 Å². The maximum absolute atomic E-state index is 12.9. The van der Waals surface area contributed by atoms with Crippen molar-refractivity contribution in [3.8, 4) is 0 Å². The molecule has 0 atom stereocenters. The minimum atomic E-state index is -3.51. The standard InChI is InChI=1S/C18H21N3O3S/c1-2-20(12-10-15-7-4-3-5-8-15)18(22)16-9-6-11-21-13-14-25(23,24)19-17(16)21/h3-9,11H,2,10,12-14H2,1H3. The molecule has 25 heavy (non-hydrogen) atoms. The van der Waals surface area contributed by atoms with Crippen molar-refractivity contribution < 1.29 is 13.2 Å². The number of amides is 1. The molecule has 0 unspecified atom stereocenters. The first-order chi connectivity index (χ1) is 12.0. The molecule has 3 rings (SSSR count). The average Bonchev–Trinajstić information content (AvgIpc) is 2.61. The van der Waals surface area contributed by atoms with Gasteiger partial charge in [0.15, 0.2) is 5.84 Å². The van der Waals surface area contributed by atoms with Gasteiger partial charge in [0.25, 0.3) is 15.9 Å². The Morgan fingerprint density at radius 3 is 2.76 bits per heavy atom. The summed E-state index contributed by atoms with van der Waals surface area (Å²) >= 11 is 0. The first-order valence-corrected chi connectivity index (χ1v) is 9.92. The monoisotopic (exact) mass is 359 g/mol. The molecule has 6 nitrogen and oxygen atoms in total. The molecular weight excluding hydrogens is 338 g/mol. The van der Waals surface area contributed by atoms with Gasteiger partial charge in [-0.3, -0.25) is 4.79 Å². The van der Waals surface area contributed by atoms with Crippen LogP contribution in [0.2, 0.25) is 0 Å². The summed E-state index contributed by atoms with van der Waals surface area (Å²) in [4.78, 5) is 16.4. The predicted molar refractivity (Wildman–Crippen MR) is 97.6 cm³/mol. The fourth-order valence-electron chi connectivity index (χ4n) is 2.87. The first-order valence-electron chi connectivity index (χ1n) is 8.31. The lowest BCUT2D eigenvalue weighted by atomic mass is 10.1. The number of rotatable bonds is 5. The zero-order valence-electron chi connectivity index (χ0n) is 14.1. The molecule has 0 saturated carbocycles. The molecule has 0 spiro atoms. The molecule has 2 aliphatic heterocycles. The second-order valence-electron chi connectivity index (χ2n) is 5.94. The Labute approximate surface area is 148 Å². The number of benzene rings is 1. The van der Waals surface area contributed by atoms with E-state index in [0.29, 0.717) is 25.2 Å². The highest BCUT2D eigenvalue weighted by atomic mass is 32.2. The van der Waals surface area contributed by atoms with Crippen molar-refractivity contribution in [3.63, 3.8) is 0 Å². The van der Waals surface area contributed by atoms with E-state index < -0.39 is 10.0 Å². The summed E-state index contributed by atoms with van der Waals surface area (Å²) in [6.45, 7) is 3.35. The third-order valence-electron chi connectivity index (χ3n) is 4.27. The molecule has 2 aliphatic rings. The number of fused-ring (bicyclic) bond motifs is 1. The Kier molecular flexibility index (Phi) is 5.03. The number of amidine groups is 1. The van der Waals surface area contributed by atoms with Gasteiger partial charge < -0.3 is 9.80 Å². The number of likely N-dealkylation sites (N-methyl/N-ethyl adjacent to an activating group) is 1. The van der Waals surface area contributed by atoms with Crippen LogP contribution in [0.5, 0.6) is 0 Å². The van der Waals surface area contributed by atoms with E-state index in [1.807, 2.05) is 37.3 Å². The first kappa shape index (κ1) is 17.4. The van der Waals surface area contributed by atoms with Gasteiger partial charge in [-0.05, 0) is 31.1 Å². The number of hydrogen-bond donors (Lipinski definition) is 0. The highest BCUT2D eigenvalue weighted by molar-refractivity contribution is 7.90. The molecule has 1 amide bonds. The van der Waals surface area contributed by atoms with Crippen molar-refractivity contribution in [2.45, 2.75) is 13.3 Å². The van der Waals surface area contributed by atoms with Crippen LogP contribution in [0.4, 0.5) is 0 Å². The number of allylic oxidation sites excluding steroid dienone is 2. The van der Waals surface area contributed by atoms with Gasteiger partial charge in [0.2, 0.25) is 0 Å². The lowest BCUT2D eigenvalue weighted by molar-refractivity contribution is -0.126. The summed E-state index contributed by atoms with van der Waals surface area (Å²) in [5, 5.41) is 0. The SMILES string of the molecule is CCN(CCc1ccccc1)C(=O)C1=CC=CN2CCS(=O)(=O)N=C12. The third-order valence-corrected chi connectivity index (χ3v) is 5.42. The van der Waals surface area contributed by atoms with Crippen LogP contribution >= 0.6 is 0 Å². The van der Waals surface area contributed by atoms with Crippen molar-refractivity contribution in [3.05, 3.63) is 59.8 Å². The molecule has 0 aromatic heterocycles. The second kappa shape index (κ2) is 7.23. The van der Waals surface area contributed by atoms with Crippen LogP contribution in [0.15, 0.2) is 58.7 Å². The van der Waals surface area contributed by atoms with E-state index in [2.05, 4.69) is 4.40 Å². The van der Waals surface area contributed by atoms with Gasteiger partial charge >= 0.3 is 0 Å². The summed E-state index contributed by atoms with van der Waals surface area (Å²) in [6.07, 6.45) is 5.90. The van der Waals surface area contributed by atoms with Crippen LogP contribution in [-0.2, 0) is 21.2 Å². The number of hydrogen-bond acceptors (Lipinski definition) is 4. The fourth-order valence-corrected chi connectivity index (χ4v) is 3.85. The number of nitrogens with zero attached hydrogens (tertiary/aromatic N) is 3. The van der Waals surface area contributed by atoms with Gasteiger partial charge in [0.1, 0.15) is 0 Å². The quantitative estimate of drug-likeness (QED) is 0.800. The third kappa shape index (κ3) is 3.99. The molecule has 0 fully saturated rings. The lowest BCUT2D eigenvalue weighted by Gasteiger charge is -2.31. The van der Waals surface area contributed by atoms with Gasteiger partial charge in [-0.1, -0.05) is 30.3 Å². The van der Waals surface area contributed by atoms with Crippen molar-refractivity contribution in [2.24, 2.45) is 4.40 Å². The summed E-state index contributed by atoms with van der Waals surface area (Å²) < 4.78 is 27.5. The van der Waals surface area contributed by atoms with Crippen LogP contribution in [-0.4, -0.2) is 55.3 Å². The van der Waals surface area contributed by atoms with Gasteiger partial charge in [-0.2, -0.15) is 0 Å².